The molecule has 1 aromatic carbocycles. The van der Waals surface area contributed by atoms with Crippen LogP contribution in [0, 0.1) is 11.7 Å². The molecule has 1 amide bonds. The van der Waals surface area contributed by atoms with Crippen LogP contribution in [-0.2, 0) is 16.0 Å². The summed E-state index contributed by atoms with van der Waals surface area (Å²) in [4.78, 5) is 28.2. The van der Waals surface area contributed by atoms with Crippen molar-refractivity contribution in [3.8, 4) is 11.5 Å². The largest absolute Gasteiger partial charge is 0.481 e. The molecule has 7 heteroatoms. The van der Waals surface area contributed by atoms with Crippen molar-refractivity contribution in [1.82, 2.24) is 10.3 Å². The van der Waals surface area contributed by atoms with Crippen molar-refractivity contribution in [3.05, 3.63) is 42.0 Å². The molecule has 1 saturated carbocycles. The number of amides is 1. The van der Waals surface area contributed by atoms with Crippen molar-refractivity contribution in [2.75, 3.05) is 0 Å². The van der Waals surface area contributed by atoms with E-state index in [9.17, 15) is 19.1 Å². The number of hydrogen-bond acceptors (Lipinski definition) is 4. The Labute approximate surface area is 156 Å². The van der Waals surface area contributed by atoms with Crippen LogP contribution < -0.4 is 5.32 Å². The fourth-order valence-corrected chi connectivity index (χ4v) is 3.49. The van der Waals surface area contributed by atoms with E-state index in [1.54, 1.807) is 12.1 Å². The second-order valence-corrected chi connectivity index (χ2v) is 6.94. The number of carboxylic acids is 1. The lowest BCUT2D eigenvalue weighted by molar-refractivity contribution is -0.143. The van der Waals surface area contributed by atoms with Crippen molar-refractivity contribution < 1.29 is 23.5 Å². The molecule has 0 bridgehead atoms. The first-order valence-electron chi connectivity index (χ1n) is 9.25. The highest BCUT2D eigenvalue weighted by Crippen LogP contribution is 2.24. The standard InChI is InChI=1S/C20H23FN2O4/c21-14-9-7-13(8-10-14)19-22-15(12-27-19)11-18(24)23-17-6-4-2-1-3-5-16(17)20(25)26/h7-10,12,16-17H,1-6,11H2,(H,23,24)(H,25,26). The van der Waals surface area contributed by atoms with Crippen molar-refractivity contribution in [2.24, 2.45) is 5.92 Å². The van der Waals surface area contributed by atoms with Crippen LogP contribution >= 0.6 is 0 Å². The summed E-state index contributed by atoms with van der Waals surface area (Å²) in [6.07, 6.45) is 6.53. The Kier molecular flexibility index (Phi) is 6.21. The molecule has 0 aliphatic heterocycles. The number of aromatic nitrogens is 1. The number of hydrogen-bond donors (Lipinski definition) is 2. The Morgan fingerprint density at radius 2 is 1.85 bits per heavy atom. The fourth-order valence-electron chi connectivity index (χ4n) is 3.49. The van der Waals surface area contributed by atoms with Gasteiger partial charge in [0, 0.05) is 11.6 Å². The van der Waals surface area contributed by atoms with Crippen molar-refractivity contribution in [1.29, 1.82) is 0 Å². The molecule has 2 aromatic rings. The summed E-state index contributed by atoms with van der Waals surface area (Å²) >= 11 is 0. The Morgan fingerprint density at radius 3 is 2.56 bits per heavy atom. The van der Waals surface area contributed by atoms with E-state index in [1.807, 2.05) is 0 Å². The number of benzene rings is 1. The normalized spacial score (nSPS) is 20.5. The highest BCUT2D eigenvalue weighted by atomic mass is 19.1. The highest BCUT2D eigenvalue weighted by molar-refractivity contribution is 5.80. The molecular formula is C20H23FN2O4. The highest BCUT2D eigenvalue weighted by Gasteiger charge is 2.30. The van der Waals surface area contributed by atoms with Gasteiger partial charge in [0.1, 0.15) is 12.1 Å². The average molecular weight is 374 g/mol. The fraction of sp³-hybridized carbons (Fsp3) is 0.450. The minimum atomic E-state index is -0.859. The van der Waals surface area contributed by atoms with Crippen LogP contribution in [0.25, 0.3) is 11.5 Å². The lowest BCUT2D eigenvalue weighted by Gasteiger charge is -2.27. The van der Waals surface area contributed by atoms with E-state index in [4.69, 9.17) is 4.42 Å². The second kappa shape index (κ2) is 8.79. The molecule has 2 N–H and O–H groups in total. The zero-order chi connectivity index (χ0) is 19.2. The first-order chi connectivity index (χ1) is 13.0. The summed E-state index contributed by atoms with van der Waals surface area (Å²) in [6, 6.07) is 5.37. The molecule has 27 heavy (non-hydrogen) atoms. The van der Waals surface area contributed by atoms with Gasteiger partial charge in [-0.2, -0.15) is 0 Å². The van der Waals surface area contributed by atoms with Gasteiger partial charge < -0.3 is 14.8 Å². The number of oxazole rings is 1. The minimum absolute atomic E-state index is 0.00747. The van der Waals surface area contributed by atoms with Crippen molar-refractivity contribution in [2.45, 2.75) is 51.0 Å². The topological polar surface area (TPSA) is 92.4 Å². The molecule has 3 rings (SSSR count). The molecule has 1 aromatic heterocycles. The van der Waals surface area contributed by atoms with Crippen LogP contribution in [0.2, 0.25) is 0 Å². The van der Waals surface area contributed by atoms with E-state index in [2.05, 4.69) is 10.3 Å². The summed E-state index contributed by atoms with van der Waals surface area (Å²) < 4.78 is 18.4. The van der Waals surface area contributed by atoms with Gasteiger partial charge in [-0.1, -0.05) is 25.7 Å². The molecule has 1 heterocycles. The number of carbonyl (C=O) groups excluding carboxylic acids is 1. The number of aliphatic carboxylic acids is 1. The van der Waals surface area contributed by atoms with E-state index < -0.39 is 11.9 Å². The molecule has 0 saturated heterocycles. The number of carboxylic acid groups (broad SMARTS) is 1. The third-order valence-corrected chi connectivity index (χ3v) is 4.91. The van der Waals surface area contributed by atoms with Gasteiger partial charge in [0.25, 0.3) is 0 Å². The molecule has 2 unspecified atom stereocenters. The van der Waals surface area contributed by atoms with Gasteiger partial charge in [-0.3, -0.25) is 9.59 Å². The quantitative estimate of drug-likeness (QED) is 0.835. The van der Waals surface area contributed by atoms with Gasteiger partial charge in [0.05, 0.1) is 18.0 Å². The van der Waals surface area contributed by atoms with Gasteiger partial charge in [-0.05, 0) is 37.1 Å². The molecule has 6 nitrogen and oxygen atoms in total. The number of nitrogens with one attached hydrogen (secondary N) is 1. The van der Waals surface area contributed by atoms with Crippen LogP contribution in [0.3, 0.4) is 0 Å². The molecule has 1 fully saturated rings. The van der Waals surface area contributed by atoms with Crippen LogP contribution in [-0.4, -0.2) is 28.0 Å². The lowest BCUT2D eigenvalue weighted by atomic mass is 9.86. The zero-order valence-corrected chi connectivity index (χ0v) is 15.0. The Bertz CT molecular complexity index is 788. The van der Waals surface area contributed by atoms with Gasteiger partial charge >= 0.3 is 5.97 Å². The van der Waals surface area contributed by atoms with Crippen LogP contribution in [0.15, 0.2) is 34.9 Å². The lowest BCUT2D eigenvalue weighted by Crippen LogP contribution is -2.44. The van der Waals surface area contributed by atoms with E-state index in [0.717, 1.165) is 25.7 Å². The smallest absolute Gasteiger partial charge is 0.308 e. The van der Waals surface area contributed by atoms with Gasteiger partial charge in [-0.25, -0.2) is 9.37 Å². The summed E-state index contributed by atoms with van der Waals surface area (Å²) in [5, 5.41) is 12.3. The predicted molar refractivity (Wildman–Crippen MR) is 96.4 cm³/mol. The molecule has 0 radical (unpaired) electrons. The third-order valence-electron chi connectivity index (χ3n) is 4.91. The number of carbonyl (C=O) groups is 2. The number of halogens is 1. The summed E-state index contributed by atoms with van der Waals surface area (Å²) in [5.74, 6) is -1.72. The van der Waals surface area contributed by atoms with Gasteiger partial charge in [0.15, 0.2) is 0 Å². The predicted octanol–water partition coefficient (Wildman–Crippen LogP) is 3.56. The molecule has 1 aliphatic rings. The van der Waals surface area contributed by atoms with Crippen molar-refractivity contribution >= 4 is 11.9 Å². The molecule has 1 aliphatic carbocycles. The summed E-state index contributed by atoms with van der Waals surface area (Å²) in [6.45, 7) is 0. The first kappa shape index (κ1) is 19.1. The Morgan fingerprint density at radius 1 is 1.15 bits per heavy atom. The summed E-state index contributed by atoms with van der Waals surface area (Å²) in [7, 11) is 0. The van der Waals surface area contributed by atoms with Crippen LogP contribution in [0.5, 0.6) is 0 Å². The van der Waals surface area contributed by atoms with E-state index in [-0.39, 0.29) is 24.2 Å². The maximum Gasteiger partial charge on any atom is 0.308 e. The molecular weight excluding hydrogens is 351 g/mol. The SMILES string of the molecule is O=C(Cc1coc(-c2ccc(F)cc2)n1)NC1CCCCCCC1C(=O)O. The van der Waals surface area contributed by atoms with E-state index in [0.29, 0.717) is 30.0 Å². The monoisotopic (exact) mass is 374 g/mol. The molecule has 144 valence electrons. The maximum atomic E-state index is 13.0. The van der Waals surface area contributed by atoms with Crippen molar-refractivity contribution in [3.63, 3.8) is 0 Å². The summed E-state index contributed by atoms with van der Waals surface area (Å²) in [5.41, 5.74) is 1.07. The van der Waals surface area contributed by atoms with Gasteiger partial charge in [0.2, 0.25) is 11.8 Å². The Balaban J connectivity index is 1.62. The average Bonchev–Trinajstić information content (AvgIpc) is 3.06. The van der Waals surface area contributed by atoms with Crippen LogP contribution in [0.4, 0.5) is 4.39 Å². The Hall–Kier alpha value is -2.70. The van der Waals surface area contributed by atoms with E-state index in [1.165, 1.54) is 18.4 Å². The molecule has 2 atom stereocenters. The first-order valence-corrected chi connectivity index (χ1v) is 9.25. The number of rotatable bonds is 5. The zero-order valence-electron chi connectivity index (χ0n) is 15.0. The second-order valence-electron chi connectivity index (χ2n) is 6.94. The maximum absolute atomic E-state index is 13.0. The van der Waals surface area contributed by atoms with Gasteiger partial charge in [-0.15, -0.1) is 0 Å². The number of nitrogens with zero attached hydrogens (tertiary/aromatic N) is 1. The molecule has 0 spiro atoms. The minimum Gasteiger partial charge on any atom is -0.481 e. The third kappa shape index (κ3) is 5.15. The van der Waals surface area contributed by atoms with Crippen LogP contribution in [0.1, 0.15) is 44.2 Å². The van der Waals surface area contributed by atoms with E-state index >= 15 is 0 Å².